The van der Waals surface area contributed by atoms with E-state index in [1.54, 1.807) is 24.3 Å². The van der Waals surface area contributed by atoms with Gasteiger partial charge in [-0.15, -0.1) is 0 Å². The van der Waals surface area contributed by atoms with Crippen molar-refractivity contribution in [2.75, 3.05) is 11.9 Å². The lowest BCUT2D eigenvalue weighted by atomic mass is 10.0. The van der Waals surface area contributed by atoms with Gasteiger partial charge < -0.3 is 25.4 Å². The number of hydrogen-bond donors (Lipinski definition) is 4. The van der Waals surface area contributed by atoms with Crippen molar-refractivity contribution >= 4 is 5.69 Å². The molecule has 6 nitrogen and oxygen atoms in total. The van der Waals surface area contributed by atoms with Crippen molar-refractivity contribution in [3.63, 3.8) is 0 Å². The standard InChI is InChI=1S/C12H14N2O4/c13-5-7-3-1-2-4-8(7)14-12-11(17)10(16)9(15)6-18-12/h1-4,9-12,14-17H,6H2/t9-,10-,11+,12+/m1/s1. The summed E-state index contributed by atoms with van der Waals surface area (Å²) in [5, 5.41) is 40.4. The molecule has 0 amide bonds. The number of nitriles is 1. The number of aliphatic hydroxyl groups excluding tert-OH is 3. The van der Waals surface area contributed by atoms with E-state index in [1.807, 2.05) is 6.07 Å². The Balaban J connectivity index is 2.12. The van der Waals surface area contributed by atoms with Crippen LogP contribution in [0.3, 0.4) is 0 Å². The van der Waals surface area contributed by atoms with Crippen LogP contribution in [0, 0.1) is 11.3 Å². The molecule has 0 aliphatic carbocycles. The highest BCUT2D eigenvalue weighted by Gasteiger charge is 2.37. The topological polar surface area (TPSA) is 106 Å². The van der Waals surface area contributed by atoms with Gasteiger partial charge in [0.1, 0.15) is 24.4 Å². The van der Waals surface area contributed by atoms with Gasteiger partial charge in [0.05, 0.1) is 17.9 Å². The molecule has 4 atom stereocenters. The third kappa shape index (κ3) is 2.44. The minimum atomic E-state index is -1.27. The van der Waals surface area contributed by atoms with E-state index >= 15 is 0 Å². The van der Waals surface area contributed by atoms with Gasteiger partial charge in [-0.25, -0.2) is 0 Å². The Bertz CT molecular complexity index is 460. The average Bonchev–Trinajstić information content (AvgIpc) is 2.40. The van der Waals surface area contributed by atoms with Crippen LogP contribution < -0.4 is 5.32 Å². The maximum Gasteiger partial charge on any atom is 0.156 e. The molecule has 0 unspecified atom stereocenters. The van der Waals surface area contributed by atoms with Crippen molar-refractivity contribution in [1.29, 1.82) is 5.26 Å². The lowest BCUT2D eigenvalue weighted by Gasteiger charge is -2.36. The number of ether oxygens (including phenoxy) is 1. The van der Waals surface area contributed by atoms with Crippen LogP contribution in [0.15, 0.2) is 24.3 Å². The molecular formula is C12H14N2O4. The summed E-state index contributed by atoms with van der Waals surface area (Å²) in [6.07, 6.45) is -4.51. The number of para-hydroxylation sites is 1. The SMILES string of the molecule is N#Cc1ccccc1N[C@H]1OC[C@@H](O)[C@@H](O)[C@@H]1O. The minimum absolute atomic E-state index is 0.0788. The third-order valence-corrected chi connectivity index (χ3v) is 2.85. The van der Waals surface area contributed by atoms with Crippen LogP contribution >= 0.6 is 0 Å². The zero-order chi connectivity index (χ0) is 13.1. The van der Waals surface area contributed by atoms with E-state index in [2.05, 4.69) is 5.32 Å². The van der Waals surface area contributed by atoms with Gasteiger partial charge in [0.25, 0.3) is 0 Å². The van der Waals surface area contributed by atoms with Crippen LogP contribution in [0.2, 0.25) is 0 Å². The van der Waals surface area contributed by atoms with Crippen LogP contribution in [-0.2, 0) is 4.74 Å². The molecule has 0 radical (unpaired) electrons. The van der Waals surface area contributed by atoms with Gasteiger partial charge in [-0.2, -0.15) is 5.26 Å². The fourth-order valence-electron chi connectivity index (χ4n) is 1.79. The number of anilines is 1. The largest absolute Gasteiger partial charge is 0.388 e. The molecule has 96 valence electrons. The van der Waals surface area contributed by atoms with E-state index in [-0.39, 0.29) is 6.61 Å². The van der Waals surface area contributed by atoms with Crippen LogP contribution in [0.25, 0.3) is 0 Å². The van der Waals surface area contributed by atoms with Crippen LogP contribution in [0.4, 0.5) is 5.69 Å². The fraction of sp³-hybridized carbons (Fsp3) is 0.417. The molecule has 0 bridgehead atoms. The molecule has 1 heterocycles. The molecule has 6 heteroatoms. The van der Waals surface area contributed by atoms with Crippen LogP contribution in [-0.4, -0.2) is 46.5 Å². The second-order valence-corrected chi connectivity index (χ2v) is 4.10. The molecule has 0 saturated carbocycles. The highest BCUT2D eigenvalue weighted by Crippen LogP contribution is 2.20. The first-order valence-corrected chi connectivity index (χ1v) is 5.55. The molecule has 1 fully saturated rings. The van der Waals surface area contributed by atoms with Gasteiger partial charge in [0.15, 0.2) is 6.23 Å². The summed E-state index contributed by atoms with van der Waals surface area (Å²) in [6.45, 7) is -0.0788. The molecule has 0 spiro atoms. The minimum Gasteiger partial charge on any atom is -0.388 e. The van der Waals surface area contributed by atoms with Gasteiger partial charge in [-0.05, 0) is 12.1 Å². The van der Waals surface area contributed by atoms with E-state index in [0.717, 1.165) is 0 Å². The van der Waals surface area contributed by atoms with E-state index in [4.69, 9.17) is 10.00 Å². The van der Waals surface area contributed by atoms with E-state index in [9.17, 15) is 15.3 Å². The van der Waals surface area contributed by atoms with E-state index in [1.165, 1.54) is 0 Å². The molecule has 18 heavy (non-hydrogen) atoms. The predicted octanol–water partition coefficient (Wildman–Crippen LogP) is -0.591. The maximum atomic E-state index is 9.75. The summed E-state index contributed by atoms with van der Waals surface area (Å²) >= 11 is 0. The van der Waals surface area contributed by atoms with Crippen LogP contribution in [0.5, 0.6) is 0 Å². The highest BCUT2D eigenvalue weighted by molar-refractivity contribution is 5.57. The highest BCUT2D eigenvalue weighted by atomic mass is 16.5. The smallest absolute Gasteiger partial charge is 0.156 e. The van der Waals surface area contributed by atoms with Gasteiger partial charge in [0, 0.05) is 0 Å². The van der Waals surface area contributed by atoms with Crippen molar-refractivity contribution in [2.24, 2.45) is 0 Å². The number of rotatable bonds is 2. The molecule has 4 N–H and O–H groups in total. The quantitative estimate of drug-likeness (QED) is 0.559. The summed E-state index contributed by atoms with van der Waals surface area (Å²) in [6, 6.07) is 8.77. The Kier molecular flexibility index (Phi) is 3.79. The van der Waals surface area contributed by atoms with Crippen molar-refractivity contribution in [2.45, 2.75) is 24.5 Å². The summed E-state index contributed by atoms with van der Waals surface area (Å²) < 4.78 is 5.20. The average molecular weight is 250 g/mol. The molecular weight excluding hydrogens is 236 g/mol. The first kappa shape index (κ1) is 12.8. The number of aliphatic hydroxyl groups is 3. The molecule has 2 rings (SSSR count). The summed E-state index contributed by atoms with van der Waals surface area (Å²) in [5.41, 5.74) is 0.918. The van der Waals surface area contributed by atoms with Gasteiger partial charge in [-0.1, -0.05) is 12.1 Å². The van der Waals surface area contributed by atoms with Crippen LogP contribution in [0.1, 0.15) is 5.56 Å². The molecule has 0 aromatic heterocycles. The van der Waals surface area contributed by atoms with Gasteiger partial charge in [-0.3, -0.25) is 0 Å². The molecule has 1 aromatic carbocycles. The summed E-state index contributed by atoms with van der Waals surface area (Å²) in [7, 11) is 0. The first-order valence-electron chi connectivity index (χ1n) is 5.55. The zero-order valence-corrected chi connectivity index (χ0v) is 9.52. The normalized spacial score (nSPS) is 31.7. The Morgan fingerprint density at radius 2 is 1.94 bits per heavy atom. The maximum absolute atomic E-state index is 9.75. The third-order valence-electron chi connectivity index (χ3n) is 2.85. The Morgan fingerprint density at radius 3 is 2.67 bits per heavy atom. The Labute approximate surface area is 104 Å². The second kappa shape index (κ2) is 5.33. The van der Waals surface area contributed by atoms with Gasteiger partial charge in [0.2, 0.25) is 0 Å². The Morgan fingerprint density at radius 1 is 1.22 bits per heavy atom. The van der Waals surface area contributed by atoms with Crippen molar-refractivity contribution < 1.29 is 20.1 Å². The second-order valence-electron chi connectivity index (χ2n) is 4.10. The monoisotopic (exact) mass is 250 g/mol. The van der Waals surface area contributed by atoms with Gasteiger partial charge >= 0.3 is 0 Å². The summed E-state index contributed by atoms with van der Waals surface area (Å²) in [5.74, 6) is 0. The zero-order valence-electron chi connectivity index (χ0n) is 9.52. The van der Waals surface area contributed by atoms with Crippen molar-refractivity contribution in [3.8, 4) is 6.07 Å². The summed E-state index contributed by atoms with van der Waals surface area (Å²) in [4.78, 5) is 0. The molecule has 1 aliphatic heterocycles. The predicted molar refractivity (Wildman–Crippen MR) is 62.5 cm³/mol. The molecule has 1 aliphatic rings. The lowest BCUT2D eigenvalue weighted by molar-refractivity contribution is -0.178. The number of hydrogen-bond acceptors (Lipinski definition) is 6. The number of nitrogens with zero attached hydrogens (tertiary/aromatic N) is 1. The van der Waals surface area contributed by atoms with Crippen molar-refractivity contribution in [1.82, 2.24) is 0 Å². The molecule has 1 aromatic rings. The lowest BCUT2D eigenvalue weighted by Crippen LogP contribution is -2.55. The van der Waals surface area contributed by atoms with E-state index < -0.39 is 24.5 Å². The van der Waals surface area contributed by atoms with E-state index in [0.29, 0.717) is 11.3 Å². The number of benzene rings is 1. The molecule has 1 saturated heterocycles. The fourth-order valence-corrected chi connectivity index (χ4v) is 1.79. The number of nitrogens with one attached hydrogen (secondary N) is 1. The van der Waals surface area contributed by atoms with Crippen molar-refractivity contribution in [3.05, 3.63) is 29.8 Å². The Hall–Kier alpha value is -1.65. The first-order chi connectivity index (χ1) is 8.63.